The van der Waals surface area contributed by atoms with Crippen LogP contribution in [0.5, 0.6) is 0 Å². The monoisotopic (exact) mass is 379 g/mol. The maximum Gasteiger partial charge on any atom is 0.0386 e. The lowest BCUT2D eigenvalue weighted by Crippen LogP contribution is -2.21. The Hall–Kier alpha value is -2.26. The molecule has 0 amide bonds. The third-order valence-corrected chi connectivity index (χ3v) is 4.56. The van der Waals surface area contributed by atoms with Crippen molar-refractivity contribution >= 4 is 23.5 Å². The molecule has 0 radical (unpaired) electrons. The third kappa shape index (κ3) is 7.40. The predicted molar refractivity (Wildman–Crippen MR) is 126 cm³/mol. The maximum absolute atomic E-state index is 3.63. The second kappa shape index (κ2) is 10.3. The maximum atomic E-state index is 3.63. The predicted octanol–water partition coefficient (Wildman–Crippen LogP) is 5.88. The summed E-state index contributed by atoms with van der Waals surface area (Å²) in [5.74, 6) is 0. The van der Waals surface area contributed by atoms with Crippen molar-refractivity contribution in [2.75, 3.05) is 37.4 Å². The van der Waals surface area contributed by atoms with Crippen LogP contribution >= 0.6 is 0 Å². The van der Waals surface area contributed by atoms with Crippen molar-refractivity contribution in [3.63, 3.8) is 0 Å². The first kappa shape index (κ1) is 22.0. The fraction of sp³-hybridized carbons (Fsp3) is 0.440. The molecule has 0 aliphatic rings. The number of nitrogens with one attached hydrogen (secondary N) is 2. The van der Waals surface area contributed by atoms with Crippen LogP contribution in [0.25, 0.3) is 12.2 Å². The van der Waals surface area contributed by atoms with Crippen LogP contribution in [0.3, 0.4) is 0 Å². The average Bonchev–Trinajstić information content (AvgIpc) is 2.65. The molecule has 2 rings (SSSR count). The Morgan fingerprint density at radius 1 is 0.929 bits per heavy atom. The minimum atomic E-state index is 0.255. The summed E-state index contributed by atoms with van der Waals surface area (Å²) in [7, 11) is 4.13. The van der Waals surface area contributed by atoms with Crippen LogP contribution in [0.1, 0.15) is 50.8 Å². The summed E-state index contributed by atoms with van der Waals surface area (Å²) in [6.07, 6.45) is 5.52. The Labute approximate surface area is 171 Å². The Morgan fingerprint density at radius 3 is 2.18 bits per heavy atom. The molecular weight excluding hydrogens is 342 g/mol. The van der Waals surface area contributed by atoms with Gasteiger partial charge in [-0.3, -0.25) is 0 Å². The molecule has 0 saturated carbocycles. The van der Waals surface area contributed by atoms with Gasteiger partial charge < -0.3 is 15.5 Å². The van der Waals surface area contributed by atoms with E-state index in [1.807, 2.05) is 0 Å². The molecule has 0 fully saturated rings. The number of nitrogens with zero attached hydrogens (tertiary/aromatic N) is 1. The summed E-state index contributed by atoms with van der Waals surface area (Å²) < 4.78 is 0. The van der Waals surface area contributed by atoms with Gasteiger partial charge in [-0.15, -0.1) is 0 Å². The molecule has 3 nitrogen and oxygen atoms in total. The summed E-state index contributed by atoms with van der Waals surface area (Å²) in [4.78, 5) is 2.12. The van der Waals surface area contributed by atoms with E-state index in [1.54, 1.807) is 0 Å². The highest BCUT2D eigenvalue weighted by atomic mass is 15.1. The molecule has 3 heteroatoms. The second-order valence-corrected chi connectivity index (χ2v) is 8.83. The SMILES string of the molecule is CCCNCc1cc(/C=C/c2ccc(N(C)C)cc2)ccc1NCC(C)(C)C. The standard InChI is InChI=1S/C25H37N3/c1-7-16-26-18-22-17-21(12-15-24(22)27-19-25(2,3)4)9-8-20-10-13-23(14-11-20)28(5)6/h8-15,17,26-27H,7,16,18-19H2,1-6H3/b9-8+. The summed E-state index contributed by atoms with van der Waals surface area (Å²) in [5, 5.41) is 7.17. The first-order valence-corrected chi connectivity index (χ1v) is 10.3. The smallest absolute Gasteiger partial charge is 0.0386 e. The molecule has 0 aromatic heterocycles. The Kier molecular flexibility index (Phi) is 8.13. The zero-order valence-corrected chi connectivity index (χ0v) is 18.5. The van der Waals surface area contributed by atoms with Gasteiger partial charge in [0.15, 0.2) is 0 Å². The van der Waals surface area contributed by atoms with Gasteiger partial charge in [0, 0.05) is 38.6 Å². The zero-order valence-electron chi connectivity index (χ0n) is 18.5. The van der Waals surface area contributed by atoms with Crippen molar-refractivity contribution in [3.05, 3.63) is 59.2 Å². The van der Waals surface area contributed by atoms with Gasteiger partial charge in [-0.25, -0.2) is 0 Å². The lowest BCUT2D eigenvalue weighted by molar-refractivity contribution is 0.443. The molecule has 28 heavy (non-hydrogen) atoms. The molecule has 0 heterocycles. The van der Waals surface area contributed by atoms with E-state index in [2.05, 4.69) is 112 Å². The van der Waals surface area contributed by atoms with Gasteiger partial charge in [-0.1, -0.05) is 58.0 Å². The van der Waals surface area contributed by atoms with Gasteiger partial charge in [0.05, 0.1) is 0 Å². The van der Waals surface area contributed by atoms with Crippen molar-refractivity contribution in [2.24, 2.45) is 5.41 Å². The van der Waals surface area contributed by atoms with Crippen LogP contribution < -0.4 is 15.5 Å². The molecule has 0 saturated heterocycles. The van der Waals surface area contributed by atoms with E-state index < -0.39 is 0 Å². The van der Waals surface area contributed by atoms with Crippen molar-refractivity contribution < 1.29 is 0 Å². The van der Waals surface area contributed by atoms with Crippen LogP contribution in [0.2, 0.25) is 0 Å². The lowest BCUT2D eigenvalue weighted by atomic mass is 9.96. The lowest BCUT2D eigenvalue weighted by Gasteiger charge is -2.21. The topological polar surface area (TPSA) is 27.3 Å². The highest BCUT2D eigenvalue weighted by molar-refractivity contribution is 5.72. The molecular formula is C25H37N3. The van der Waals surface area contributed by atoms with Crippen LogP contribution in [-0.4, -0.2) is 27.2 Å². The van der Waals surface area contributed by atoms with E-state index in [-0.39, 0.29) is 5.41 Å². The number of rotatable bonds is 9. The fourth-order valence-corrected chi connectivity index (χ4v) is 2.87. The highest BCUT2D eigenvalue weighted by Crippen LogP contribution is 2.22. The third-order valence-electron chi connectivity index (χ3n) is 4.56. The molecule has 2 N–H and O–H groups in total. The van der Waals surface area contributed by atoms with Crippen LogP contribution in [0.15, 0.2) is 42.5 Å². The fourth-order valence-electron chi connectivity index (χ4n) is 2.87. The quantitative estimate of drug-likeness (QED) is 0.421. The van der Waals surface area contributed by atoms with E-state index in [0.29, 0.717) is 0 Å². The summed E-state index contributed by atoms with van der Waals surface area (Å²) >= 11 is 0. The number of anilines is 2. The van der Waals surface area contributed by atoms with Crippen molar-refractivity contribution in [3.8, 4) is 0 Å². The highest BCUT2D eigenvalue weighted by Gasteiger charge is 2.11. The minimum Gasteiger partial charge on any atom is -0.384 e. The summed E-state index contributed by atoms with van der Waals surface area (Å²) in [6, 6.07) is 15.3. The van der Waals surface area contributed by atoms with E-state index in [0.717, 1.165) is 26.1 Å². The Morgan fingerprint density at radius 2 is 1.57 bits per heavy atom. The largest absolute Gasteiger partial charge is 0.384 e. The van der Waals surface area contributed by atoms with E-state index >= 15 is 0 Å². The first-order chi connectivity index (χ1) is 13.3. The minimum absolute atomic E-state index is 0.255. The number of hydrogen-bond donors (Lipinski definition) is 2. The molecule has 0 spiro atoms. The van der Waals surface area contributed by atoms with Crippen molar-refractivity contribution in [1.29, 1.82) is 0 Å². The molecule has 0 aliphatic carbocycles. The van der Waals surface area contributed by atoms with Gasteiger partial charge in [0.2, 0.25) is 0 Å². The van der Waals surface area contributed by atoms with Gasteiger partial charge in [0.25, 0.3) is 0 Å². The summed E-state index contributed by atoms with van der Waals surface area (Å²) in [6.45, 7) is 11.9. The van der Waals surface area contributed by atoms with Gasteiger partial charge >= 0.3 is 0 Å². The van der Waals surface area contributed by atoms with Crippen molar-refractivity contribution in [2.45, 2.75) is 40.7 Å². The molecule has 0 bridgehead atoms. The molecule has 152 valence electrons. The van der Waals surface area contributed by atoms with Crippen LogP contribution in [0, 0.1) is 5.41 Å². The Bertz CT molecular complexity index is 752. The van der Waals surface area contributed by atoms with Crippen LogP contribution in [0.4, 0.5) is 11.4 Å². The Balaban J connectivity index is 2.15. The normalized spacial score (nSPS) is 11.8. The van der Waals surface area contributed by atoms with Crippen molar-refractivity contribution in [1.82, 2.24) is 5.32 Å². The summed E-state index contributed by atoms with van der Waals surface area (Å²) in [5.41, 5.74) is 6.47. The molecule has 0 aliphatic heterocycles. The molecule has 0 unspecified atom stereocenters. The number of benzene rings is 2. The first-order valence-electron chi connectivity index (χ1n) is 10.3. The molecule has 2 aromatic carbocycles. The van der Waals surface area contributed by atoms with E-state index in [9.17, 15) is 0 Å². The van der Waals surface area contributed by atoms with E-state index in [4.69, 9.17) is 0 Å². The van der Waals surface area contributed by atoms with Gasteiger partial charge in [-0.2, -0.15) is 0 Å². The molecule has 2 aromatic rings. The zero-order chi connectivity index (χ0) is 20.6. The van der Waals surface area contributed by atoms with Crippen LogP contribution in [-0.2, 0) is 6.54 Å². The molecule has 0 atom stereocenters. The van der Waals surface area contributed by atoms with Gasteiger partial charge in [-0.05, 0) is 59.3 Å². The second-order valence-electron chi connectivity index (χ2n) is 8.83. The van der Waals surface area contributed by atoms with E-state index in [1.165, 1.54) is 28.1 Å². The number of hydrogen-bond acceptors (Lipinski definition) is 3. The van der Waals surface area contributed by atoms with Gasteiger partial charge in [0.1, 0.15) is 0 Å². The average molecular weight is 380 g/mol.